The molecule has 2 N–H and O–H groups in total. The van der Waals surface area contributed by atoms with Crippen molar-refractivity contribution in [1.29, 1.82) is 0 Å². The summed E-state index contributed by atoms with van der Waals surface area (Å²) in [5.74, 6) is 1.75. The van der Waals surface area contributed by atoms with Gasteiger partial charge in [-0.15, -0.1) is 0 Å². The molecule has 0 fully saturated rings. The number of aryl methyl sites for hydroxylation is 1. The van der Waals surface area contributed by atoms with Gasteiger partial charge < -0.3 is 10.3 Å². The average Bonchev–Trinajstić information content (AvgIpc) is 2.44. The number of aromatic nitrogens is 2. The maximum absolute atomic E-state index is 5.76. The van der Waals surface area contributed by atoms with E-state index in [1.54, 1.807) is 0 Å². The Hall–Kier alpha value is -1.51. The van der Waals surface area contributed by atoms with Crippen LogP contribution in [0.15, 0.2) is 18.2 Å². The molecular formula is C12H17N3. The van der Waals surface area contributed by atoms with E-state index >= 15 is 0 Å². The maximum atomic E-state index is 5.76. The summed E-state index contributed by atoms with van der Waals surface area (Å²) >= 11 is 0. The molecule has 2 rings (SSSR count). The number of nitrogens with two attached hydrogens (primary N) is 1. The van der Waals surface area contributed by atoms with Crippen molar-refractivity contribution in [2.24, 2.45) is 13.0 Å². The first kappa shape index (κ1) is 10.0. The molecule has 15 heavy (non-hydrogen) atoms. The van der Waals surface area contributed by atoms with Gasteiger partial charge in [0.1, 0.15) is 5.82 Å². The van der Waals surface area contributed by atoms with Gasteiger partial charge in [-0.3, -0.25) is 0 Å². The predicted molar refractivity (Wildman–Crippen MR) is 63.7 cm³/mol. The van der Waals surface area contributed by atoms with Crippen molar-refractivity contribution in [2.75, 3.05) is 5.73 Å². The van der Waals surface area contributed by atoms with Gasteiger partial charge in [0.05, 0.1) is 11.0 Å². The lowest BCUT2D eigenvalue weighted by atomic mass is 10.1. The van der Waals surface area contributed by atoms with E-state index in [4.69, 9.17) is 5.73 Å². The third kappa shape index (κ3) is 1.82. The van der Waals surface area contributed by atoms with Gasteiger partial charge >= 0.3 is 0 Å². The smallest absolute Gasteiger partial charge is 0.109 e. The molecule has 3 nitrogen and oxygen atoms in total. The molecule has 0 spiro atoms. The number of imidazole rings is 1. The van der Waals surface area contributed by atoms with Crippen molar-refractivity contribution >= 4 is 16.7 Å². The monoisotopic (exact) mass is 203 g/mol. The fraction of sp³-hybridized carbons (Fsp3) is 0.417. The van der Waals surface area contributed by atoms with Crippen molar-refractivity contribution in [3.8, 4) is 0 Å². The molecule has 0 unspecified atom stereocenters. The molecule has 1 aromatic carbocycles. The van der Waals surface area contributed by atoms with Crippen LogP contribution in [-0.2, 0) is 13.5 Å². The second-order valence-corrected chi connectivity index (χ2v) is 4.43. The van der Waals surface area contributed by atoms with Gasteiger partial charge in [-0.1, -0.05) is 13.8 Å². The van der Waals surface area contributed by atoms with Gasteiger partial charge in [0.15, 0.2) is 0 Å². The van der Waals surface area contributed by atoms with Gasteiger partial charge in [0, 0.05) is 19.2 Å². The minimum Gasteiger partial charge on any atom is -0.399 e. The molecule has 0 radical (unpaired) electrons. The van der Waals surface area contributed by atoms with Crippen LogP contribution >= 0.6 is 0 Å². The first-order chi connectivity index (χ1) is 7.08. The number of nitrogen functional groups attached to an aromatic ring is 1. The largest absolute Gasteiger partial charge is 0.399 e. The van der Waals surface area contributed by atoms with Gasteiger partial charge in [-0.25, -0.2) is 4.98 Å². The molecule has 1 heterocycles. The molecular weight excluding hydrogens is 186 g/mol. The SMILES string of the molecule is CC(C)Cc1nc2ccc(N)cc2n1C. The van der Waals surface area contributed by atoms with E-state index in [1.807, 2.05) is 25.2 Å². The van der Waals surface area contributed by atoms with E-state index < -0.39 is 0 Å². The maximum Gasteiger partial charge on any atom is 0.109 e. The fourth-order valence-corrected chi connectivity index (χ4v) is 1.80. The van der Waals surface area contributed by atoms with E-state index in [1.165, 1.54) is 0 Å². The number of rotatable bonds is 2. The molecule has 0 aliphatic carbocycles. The van der Waals surface area contributed by atoms with E-state index in [2.05, 4.69) is 23.4 Å². The van der Waals surface area contributed by atoms with Crippen LogP contribution in [0.3, 0.4) is 0 Å². The Labute approximate surface area is 89.9 Å². The zero-order valence-corrected chi connectivity index (χ0v) is 9.49. The number of fused-ring (bicyclic) bond motifs is 1. The van der Waals surface area contributed by atoms with Crippen LogP contribution < -0.4 is 5.73 Å². The molecule has 2 aromatic rings. The summed E-state index contributed by atoms with van der Waals surface area (Å²) in [5, 5.41) is 0. The third-order valence-electron chi connectivity index (χ3n) is 2.59. The summed E-state index contributed by atoms with van der Waals surface area (Å²) in [7, 11) is 2.05. The summed E-state index contributed by atoms with van der Waals surface area (Å²) in [6.07, 6.45) is 1.01. The molecule has 0 amide bonds. The number of hydrogen-bond donors (Lipinski definition) is 1. The molecule has 0 bridgehead atoms. The summed E-state index contributed by atoms with van der Waals surface area (Å²) in [4.78, 5) is 4.60. The zero-order valence-electron chi connectivity index (χ0n) is 9.49. The minimum atomic E-state index is 0.623. The Kier molecular flexibility index (Phi) is 2.39. The summed E-state index contributed by atoms with van der Waals surface area (Å²) in [5.41, 5.74) is 8.70. The lowest BCUT2D eigenvalue weighted by Crippen LogP contribution is -2.02. The molecule has 0 atom stereocenters. The van der Waals surface area contributed by atoms with Crippen LogP contribution in [0, 0.1) is 5.92 Å². The van der Waals surface area contributed by atoms with E-state index in [9.17, 15) is 0 Å². The van der Waals surface area contributed by atoms with Gasteiger partial charge in [0.2, 0.25) is 0 Å². The third-order valence-corrected chi connectivity index (χ3v) is 2.59. The van der Waals surface area contributed by atoms with Crippen LogP contribution in [0.1, 0.15) is 19.7 Å². The molecule has 1 aromatic heterocycles. The highest BCUT2D eigenvalue weighted by Crippen LogP contribution is 2.19. The standard InChI is InChI=1S/C12H17N3/c1-8(2)6-12-14-10-5-4-9(13)7-11(10)15(12)3/h4-5,7-8H,6,13H2,1-3H3. The van der Waals surface area contributed by atoms with Crippen LogP contribution in [0.4, 0.5) is 5.69 Å². The molecule has 80 valence electrons. The van der Waals surface area contributed by atoms with Gasteiger partial charge in [-0.05, 0) is 24.1 Å². The lowest BCUT2D eigenvalue weighted by Gasteiger charge is -2.04. The number of nitrogens with zero attached hydrogens (tertiary/aromatic N) is 2. The van der Waals surface area contributed by atoms with E-state index in [0.717, 1.165) is 29.0 Å². The molecule has 0 saturated heterocycles. The van der Waals surface area contributed by atoms with Crippen molar-refractivity contribution in [3.05, 3.63) is 24.0 Å². The summed E-state index contributed by atoms with van der Waals surface area (Å²) in [6.45, 7) is 4.40. The van der Waals surface area contributed by atoms with Crippen LogP contribution in [-0.4, -0.2) is 9.55 Å². The Bertz CT molecular complexity index is 483. The first-order valence-electron chi connectivity index (χ1n) is 5.28. The van der Waals surface area contributed by atoms with Crippen LogP contribution in [0.5, 0.6) is 0 Å². The van der Waals surface area contributed by atoms with E-state index in [-0.39, 0.29) is 0 Å². The Morgan fingerprint density at radius 1 is 1.40 bits per heavy atom. The van der Waals surface area contributed by atoms with Crippen molar-refractivity contribution in [3.63, 3.8) is 0 Å². The van der Waals surface area contributed by atoms with Gasteiger partial charge in [0.25, 0.3) is 0 Å². The lowest BCUT2D eigenvalue weighted by molar-refractivity contribution is 0.606. The van der Waals surface area contributed by atoms with Crippen molar-refractivity contribution in [2.45, 2.75) is 20.3 Å². The highest BCUT2D eigenvalue weighted by atomic mass is 15.1. The quantitative estimate of drug-likeness (QED) is 0.761. The number of hydrogen-bond acceptors (Lipinski definition) is 2. The minimum absolute atomic E-state index is 0.623. The van der Waals surface area contributed by atoms with Crippen molar-refractivity contribution in [1.82, 2.24) is 9.55 Å². The molecule has 0 saturated carbocycles. The summed E-state index contributed by atoms with van der Waals surface area (Å²) < 4.78 is 2.13. The van der Waals surface area contributed by atoms with Gasteiger partial charge in [-0.2, -0.15) is 0 Å². The molecule has 0 aliphatic rings. The molecule has 3 heteroatoms. The number of anilines is 1. The van der Waals surface area contributed by atoms with Crippen molar-refractivity contribution < 1.29 is 0 Å². The average molecular weight is 203 g/mol. The first-order valence-corrected chi connectivity index (χ1v) is 5.28. The zero-order chi connectivity index (χ0) is 11.0. The Balaban J connectivity index is 2.54. The Morgan fingerprint density at radius 2 is 2.13 bits per heavy atom. The van der Waals surface area contributed by atoms with Crippen LogP contribution in [0.25, 0.3) is 11.0 Å². The fourth-order valence-electron chi connectivity index (χ4n) is 1.80. The Morgan fingerprint density at radius 3 is 2.80 bits per heavy atom. The highest BCUT2D eigenvalue weighted by molar-refractivity contribution is 5.79. The second-order valence-electron chi connectivity index (χ2n) is 4.43. The second kappa shape index (κ2) is 3.57. The van der Waals surface area contributed by atoms with Crippen LogP contribution in [0.2, 0.25) is 0 Å². The van der Waals surface area contributed by atoms with E-state index in [0.29, 0.717) is 5.92 Å². The molecule has 0 aliphatic heterocycles. The number of benzene rings is 1. The highest BCUT2D eigenvalue weighted by Gasteiger charge is 2.08. The predicted octanol–water partition coefficient (Wildman–Crippen LogP) is 2.35. The topological polar surface area (TPSA) is 43.8 Å². The normalized spacial score (nSPS) is 11.5. The summed E-state index contributed by atoms with van der Waals surface area (Å²) in [6, 6.07) is 5.86.